The van der Waals surface area contributed by atoms with Crippen molar-refractivity contribution in [1.82, 2.24) is 9.97 Å². The van der Waals surface area contributed by atoms with Gasteiger partial charge in [-0.05, 0) is 12.7 Å². The van der Waals surface area contributed by atoms with E-state index in [0.717, 1.165) is 30.4 Å². The van der Waals surface area contributed by atoms with E-state index < -0.39 is 0 Å². The fourth-order valence-electron chi connectivity index (χ4n) is 1.80. The van der Waals surface area contributed by atoms with Gasteiger partial charge < -0.3 is 10.0 Å². The van der Waals surface area contributed by atoms with Crippen molar-refractivity contribution in [1.29, 1.82) is 0 Å². The van der Waals surface area contributed by atoms with Crippen LogP contribution in [-0.2, 0) is 0 Å². The Kier molecular flexibility index (Phi) is 3.43. The summed E-state index contributed by atoms with van der Waals surface area (Å²) in [5.41, 5.74) is 0. The molecule has 2 heterocycles. The molecular weight excluding hydrogens is 210 g/mol. The molecule has 1 aromatic rings. The van der Waals surface area contributed by atoms with Gasteiger partial charge in [-0.1, -0.05) is 0 Å². The van der Waals surface area contributed by atoms with E-state index in [9.17, 15) is 0 Å². The Bertz CT molecular complexity index is 334. The zero-order valence-electron chi connectivity index (χ0n) is 8.76. The molecule has 1 aromatic heterocycles. The Morgan fingerprint density at radius 1 is 1.60 bits per heavy atom. The molecule has 1 aliphatic heterocycles. The Balaban J connectivity index is 2.09. The summed E-state index contributed by atoms with van der Waals surface area (Å²) in [6, 6.07) is 2.00. The summed E-state index contributed by atoms with van der Waals surface area (Å²) in [7, 11) is 0. The molecule has 2 rings (SSSR count). The average molecular weight is 225 g/mol. The van der Waals surface area contributed by atoms with Gasteiger partial charge in [-0.2, -0.15) is 0 Å². The van der Waals surface area contributed by atoms with Gasteiger partial charge in [-0.3, -0.25) is 0 Å². The zero-order valence-corrected chi connectivity index (χ0v) is 9.57. The third-order valence-electron chi connectivity index (χ3n) is 2.70. The lowest BCUT2D eigenvalue weighted by atomic mass is 10.1. The number of nitrogens with zero attached hydrogens (tertiary/aromatic N) is 3. The van der Waals surface area contributed by atoms with Crippen LogP contribution in [0.5, 0.6) is 0 Å². The molecular formula is C10H15N3OS. The van der Waals surface area contributed by atoms with E-state index in [2.05, 4.69) is 14.9 Å². The third kappa shape index (κ3) is 2.41. The summed E-state index contributed by atoms with van der Waals surface area (Å²) in [6.07, 6.45) is 4.66. The number of hydrogen-bond donors (Lipinski definition) is 1. The van der Waals surface area contributed by atoms with Crippen LogP contribution in [0.2, 0.25) is 0 Å². The second-order valence-corrected chi connectivity index (χ2v) is 4.53. The standard InChI is InChI=1S/C10H15N3OS/c1-15-10-4-9(11-7-12-10)13-3-2-8(5-13)6-14/h4,7-8,14H,2-3,5-6H2,1H3. The number of hydrogen-bond acceptors (Lipinski definition) is 5. The predicted molar refractivity (Wildman–Crippen MR) is 61.2 cm³/mol. The fourth-order valence-corrected chi connectivity index (χ4v) is 2.18. The Hall–Kier alpha value is -0.810. The van der Waals surface area contributed by atoms with Crippen molar-refractivity contribution in [2.24, 2.45) is 5.92 Å². The number of rotatable bonds is 3. The van der Waals surface area contributed by atoms with E-state index in [1.165, 1.54) is 0 Å². The highest BCUT2D eigenvalue weighted by molar-refractivity contribution is 7.98. The van der Waals surface area contributed by atoms with Crippen LogP contribution >= 0.6 is 11.8 Å². The normalized spacial score (nSPS) is 20.9. The number of aromatic nitrogens is 2. The monoisotopic (exact) mass is 225 g/mol. The Labute approximate surface area is 93.7 Å². The molecule has 0 saturated carbocycles. The van der Waals surface area contributed by atoms with Crippen molar-refractivity contribution in [2.45, 2.75) is 11.4 Å². The third-order valence-corrected chi connectivity index (χ3v) is 3.35. The van der Waals surface area contributed by atoms with Crippen LogP contribution in [0.4, 0.5) is 5.82 Å². The summed E-state index contributed by atoms with van der Waals surface area (Å²) < 4.78 is 0. The van der Waals surface area contributed by atoms with E-state index >= 15 is 0 Å². The Morgan fingerprint density at radius 2 is 2.47 bits per heavy atom. The smallest absolute Gasteiger partial charge is 0.133 e. The lowest BCUT2D eigenvalue weighted by Crippen LogP contribution is -2.21. The summed E-state index contributed by atoms with van der Waals surface area (Å²) in [6.45, 7) is 2.16. The minimum Gasteiger partial charge on any atom is -0.396 e. The minimum absolute atomic E-state index is 0.275. The van der Waals surface area contributed by atoms with Crippen LogP contribution < -0.4 is 4.90 Å². The molecule has 0 spiro atoms. The minimum atomic E-state index is 0.275. The first kappa shape index (κ1) is 10.7. The molecule has 1 saturated heterocycles. The van der Waals surface area contributed by atoms with Gasteiger partial charge in [0.25, 0.3) is 0 Å². The SMILES string of the molecule is CSc1cc(N2CCC(CO)C2)ncn1. The van der Waals surface area contributed by atoms with Crippen molar-refractivity contribution < 1.29 is 5.11 Å². The van der Waals surface area contributed by atoms with Gasteiger partial charge in [0.2, 0.25) is 0 Å². The van der Waals surface area contributed by atoms with Crippen molar-refractivity contribution in [3.63, 3.8) is 0 Å². The molecule has 1 unspecified atom stereocenters. The van der Waals surface area contributed by atoms with E-state index in [4.69, 9.17) is 5.11 Å². The molecule has 0 amide bonds. The topological polar surface area (TPSA) is 49.2 Å². The van der Waals surface area contributed by atoms with Gasteiger partial charge in [0.15, 0.2) is 0 Å². The van der Waals surface area contributed by atoms with Crippen LogP contribution in [0.15, 0.2) is 17.4 Å². The Morgan fingerprint density at radius 3 is 3.13 bits per heavy atom. The first-order valence-electron chi connectivity index (χ1n) is 5.05. The van der Waals surface area contributed by atoms with Crippen molar-refractivity contribution in [3.8, 4) is 0 Å². The summed E-state index contributed by atoms with van der Waals surface area (Å²) in [4.78, 5) is 10.6. The average Bonchev–Trinajstić information content (AvgIpc) is 2.78. The highest BCUT2D eigenvalue weighted by Gasteiger charge is 2.22. The molecule has 82 valence electrons. The van der Waals surface area contributed by atoms with Gasteiger partial charge >= 0.3 is 0 Å². The second kappa shape index (κ2) is 4.81. The highest BCUT2D eigenvalue weighted by atomic mass is 32.2. The molecule has 5 heteroatoms. The zero-order chi connectivity index (χ0) is 10.7. The molecule has 0 aliphatic carbocycles. The molecule has 1 N–H and O–H groups in total. The maximum atomic E-state index is 9.07. The van der Waals surface area contributed by atoms with E-state index in [-0.39, 0.29) is 6.61 Å². The van der Waals surface area contributed by atoms with Crippen molar-refractivity contribution in [3.05, 3.63) is 12.4 Å². The maximum Gasteiger partial charge on any atom is 0.133 e. The van der Waals surface area contributed by atoms with Gasteiger partial charge in [0.05, 0.1) is 0 Å². The van der Waals surface area contributed by atoms with Gasteiger partial charge in [-0.15, -0.1) is 11.8 Å². The molecule has 0 radical (unpaired) electrons. The molecule has 15 heavy (non-hydrogen) atoms. The maximum absolute atomic E-state index is 9.07. The predicted octanol–water partition coefficient (Wildman–Crippen LogP) is 1.02. The number of aliphatic hydroxyl groups excluding tert-OH is 1. The summed E-state index contributed by atoms with van der Waals surface area (Å²) >= 11 is 1.62. The number of aliphatic hydroxyl groups is 1. The van der Waals surface area contributed by atoms with Crippen LogP contribution in [0.25, 0.3) is 0 Å². The number of anilines is 1. The fraction of sp³-hybridized carbons (Fsp3) is 0.600. The molecule has 1 atom stereocenters. The summed E-state index contributed by atoms with van der Waals surface area (Å²) in [5.74, 6) is 1.38. The van der Waals surface area contributed by atoms with E-state index in [1.807, 2.05) is 12.3 Å². The van der Waals surface area contributed by atoms with Crippen molar-refractivity contribution in [2.75, 3.05) is 30.9 Å². The van der Waals surface area contributed by atoms with E-state index in [1.54, 1.807) is 18.1 Å². The van der Waals surface area contributed by atoms with Crippen molar-refractivity contribution >= 4 is 17.6 Å². The molecule has 1 aliphatic rings. The first-order valence-corrected chi connectivity index (χ1v) is 6.28. The molecule has 1 fully saturated rings. The summed E-state index contributed by atoms with van der Waals surface area (Å²) in [5, 5.41) is 10.1. The largest absolute Gasteiger partial charge is 0.396 e. The molecule has 0 aromatic carbocycles. The van der Waals surface area contributed by atoms with E-state index in [0.29, 0.717) is 5.92 Å². The lowest BCUT2D eigenvalue weighted by molar-refractivity contribution is 0.238. The van der Waals surface area contributed by atoms with Crippen LogP contribution in [0, 0.1) is 5.92 Å². The van der Waals surface area contributed by atoms with Gasteiger partial charge in [-0.25, -0.2) is 9.97 Å². The van der Waals surface area contributed by atoms with Crippen LogP contribution in [-0.4, -0.2) is 41.0 Å². The van der Waals surface area contributed by atoms with Crippen LogP contribution in [0.1, 0.15) is 6.42 Å². The molecule has 4 nitrogen and oxygen atoms in total. The highest BCUT2D eigenvalue weighted by Crippen LogP contribution is 2.23. The van der Waals surface area contributed by atoms with Gasteiger partial charge in [0.1, 0.15) is 17.2 Å². The second-order valence-electron chi connectivity index (χ2n) is 3.70. The quantitative estimate of drug-likeness (QED) is 0.615. The first-order chi connectivity index (χ1) is 7.33. The van der Waals surface area contributed by atoms with Gasteiger partial charge in [0, 0.05) is 31.7 Å². The number of thioether (sulfide) groups is 1. The molecule has 0 bridgehead atoms. The van der Waals surface area contributed by atoms with Crippen LogP contribution in [0.3, 0.4) is 0 Å². The lowest BCUT2D eigenvalue weighted by Gasteiger charge is -2.16.